The molecular weight excluding hydrogens is 320 g/mol. The third-order valence-electron chi connectivity index (χ3n) is 5.11. The van der Waals surface area contributed by atoms with Crippen LogP contribution in [0.2, 0.25) is 0 Å². The van der Waals surface area contributed by atoms with Crippen molar-refractivity contribution in [1.82, 2.24) is 4.90 Å². The molecule has 25 heavy (non-hydrogen) atoms. The smallest absolute Gasteiger partial charge is 0.250 e. The molecule has 3 amide bonds. The van der Waals surface area contributed by atoms with E-state index in [1.807, 2.05) is 23.1 Å². The van der Waals surface area contributed by atoms with E-state index in [0.717, 1.165) is 0 Å². The van der Waals surface area contributed by atoms with Crippen LogP contribution in [-0.2, 0) is 14.4 Å². The van der Waals surface area contributed by atoms with Crippen LogP contribution in [0.4, 0.5) is 11.4 Å². The van der Waals surface area contributed by atoms with Gasteiger partial charge in [0.15, 0.2) is 0 Å². The summed E-state index contributed by atoms with van der Waals surface area (Å²) in [6.07, 6.45) is 1.34. The number of para-hydroxylation sites is 2. The number of fused-ring (bicyclic) bond motifs is 1. The van der Waals surface area contributed by atoms with Crippen LogP contribution in [0, 0.1) is 5.92 Å². The predicted octanol–water partition coefficient (Wildman–Crippen LogP) is 0.948. The number of hydrogen-bond acceptors (Lipinski definition) is 4. The summed E-state index contributed by atoms with van der Waals surface area (Å²) < 4.78 is 0. The Kier molecular flexibility index (Phi) is 4.51. The third-order valence-corrected chi connectivity index (χ3v) is 5.11. The first kappa shape index (κ1) is 17.4. The number of nitrogens with one attached hydrogen (secondary N) is 1. The summed E-state index contributed by atoms with van der Waals surface area (Å²) in [5, 5.41) is 2.86. The average molecular weight is 344 g/mol. The number of benzene rings is 1. The van der Waals surface area contributed by atoms with E-state index in [4.69, 9.17) is 5.73 Å². The molecule has 1 aromatic rings. The quantitative estimate of drug-likeness (QED) is 0.853. The lowest BCUT2D eigenvalue weighted by Gasteiger charge is -2.43. The van der Waals surface area contributed by atoms with Crippen molar-refractivity contribution in [3.05, 3.63) is 24.3 Å². The summed E-state index contributed by atoms with van der Waals surface area (Å²) in [6.45, 7) is 5.02. The van der Waals surface area contributed by atoms with Gasteiger partial charge in [-0.25, -0.2) is 0 Å². The van der Waals surface area contributed by atoms with Crippen LogP contribution < -0.4 is 16.0 Å². The van der Waals surface area contributed by atoms with E-state index in [0.29, 0.717) is 37.3 Å². The Labute approximate surface area is 147 Å². The molecule has 0 spiro atoms. The lowest BCUT2D eigenvalue weighted by atomic mass is 9.95. The molecule has 3 N–H and O–H groups in total. The Morgan fingerprint density at radius 1 is 1.24 bits per heavy atom. The van der Waals surface area contributed by atoms with Gasteiger partial charge in [0, 0.05) is 5.92 Å². The second kappa shape index (κ2) is 6.48. The highest BCUT2D eigenvalue weighted by Gasteiger charge is 2.43. The second-order valence-electron chi connectivity index (χ2n) is 7.21. The highest BCUT2D eigenvalue weighted by atomic mass is 16.2. The molecule has 1 saturated heterocycles. The average Bonchev–Trinajstić information content (AvgIpc) is 2.56. The van der Waals surface area contributed by atoms with Crippen LogP contribution in [0.5, 0.6) is 0 Å². The number of likely N-dealkylation sites (tertiary alicyclic amines) is 1. The third kappa shape index (κ3) is 3.24. The standard InChI is InChI=1S/C18H24N4O3/c1-18(2)17(25)20-13-5-3-4-6-14(13)22(18)15(23)11-21-9-7-12(8-10-21)16(19)24/h3-6,12H,7-11H2,1-2H3,(H2,19,24)(H,20,25). The fraction of sp³-hybridized carbons (Fsp3) is 0.500. The number of amides is 3. The van der Waals surface area contributed by atoms with Crippen molar-refractivity contribution in [2.45, 2.75) is 32.2 Å². The molecule has 2 aliphatic heterocycles. The molecule has 0 aromatic heterocycles. The van der Waals surface area contributed by atoms with Gasteiger partial charge in [0.1, 0.15) is 5.54 Å². The van der Waals surface area contributed by atoms with Crippen molar-refractivity contribution in [1.29, 1.82) is 0 Å². The van der Waals surface area contributed by atoms with Gasteiger partial charge in [0.2, 0.25) is 17.7 Å². The van der Waals surface area contributed by atoms with Gasteiger partial charge in [-0.15, -0.1) is 0 Å². The zero-order chi connectivity index (χ0) is 18.2. The van der Waals surface area contributed by atoms with Gasteiger partial charge < -0.3 is 11.1 Å². The molecule has 1 fully saturated rings. The minimum Gasteiger partial charge on any atom is -0.369 e. The Hall–Kier alpha value is -2.41. The maximum absolute atomic E-state index is 13.0. The van der Waals surface area contributed by atoms with Crippen molar-refractivity contribution >= 4 is 29.1 Å². The van der Waals surface area contributed by atoms with Gasteiger partial charge in [-0.05, 0) is 51.9 Å². The number of nitrogens with zero attached hydrogens (tertiary/aromatic N) is 2. The number of anilines is 2. The summed E-state index contributed by atoms with van der Waals surface area (Å²) in [5.41, 5.74) is 5.75. The summed E-state index contributed by atoms with van der Waals surface area (Å²) >= 11 is 0. The molecule has 2 heterocycles. The zero-order valence-corrected chi connectivity index (χ0v) is 14.6. The van der Waals surface area contributed by atoms with E-state index in [1.165, 1.54) is 0 Å². The Morgan fingerprint density at radius 3 is 2.52 bits per heavy atom. The summed E-state index contributed by atoms with van der Waals surface area (Å²) in [4.78, 5) is 40.3. The van der Waals surface area contributed by atoms with Crippen molar-refractivity contribution in [2.75, 3.05) is 29.9 Å². The molecule has 0 radical (unpaired) electrons. The summed E-state index contributed by atoms with van der Waals surface area (Å²) in [7, 11) is 0. The minimum absolute atomic E-state index is 0.107. The molecule has 0 unspecified atom stereocenters. The lowest BCUT2D eigenvalue weighted by Crippen LogP contribution is -2.60. The maximum Gasteiger partial charge on any atom is 0.250 e. The van der Waals surface area contributed by atoms with Crippen LogP contribution >= 0.6 is 0 Å². The number of nitrogens with two attached hydrogens (primary N) is 1. The van der Waals surface area contributed by atoms with E-state index in [-0.39, 0.29) is 30.2 Å². The Balaban J connectivity index is 1.77. The highest BCUT2D eigenvalue weighted by molar-refractivity contribution is 6.14. The van der Waals surface area contributed by atoms with Gasteiger partial charge in [0.25, 0.3) is 0 Å². The minimum atomic E-state index is -0.961. The summed E-state index contributed by atoms with van der Waals surface area (Å²) in [5.74, 6) is -0.699. The number of primary amides is 1. The van der Waals surface area contributed by atoms with E-state index < -0.39 is 5.54 Å². The largest absolute Gasteiger partial charge is 0.369 e. The van der Waals surface area contributed by atoms with E-state index >= 15 is 0 Å². The van der Waals surface area contributed by atoms with Crippen LogP contribution in [0.15, 0.2) is 24.3 Å². The monoisotopic (exact) mass is 344 g/mol. The van der Waals surface area contributed by atoms with Crippen LogP contribution in [0.1, 0.15) is 26.7 Å². The first-order valence-corrected chi connectivity index (χ1v) is 8.56. The van der Waals surface area contributed by atoms with Crippen LogP contribution in [0.3, 0.4) is 0 Å². The SMILES string of the molecule is CC1(C)C(=O)Nc2ccccc2N1C(=O)CN1CCC(C(N)=O)CC1. The highest BCUT2D eigenvalue weighted by Crippen LogP contribution is 2.36. The molecule has 7 nitrogen and oxygen atoms in total. The fourth-order valence-corrected chi connectivity index (χ4v) is 3.54. The first-order chi connectivity index (χ1) is 11.8. The van der Waals surface area contributed by atoms with Crippen molar-refractivity contribution < 1.29 is 14.4 Å². The maximum atomic E-state index is 13.0. The molecule has 2 aliphatic rings. The fourth-order valence-electron chi connectivity index (χ4n) is 3.54. The molecule has 0 atom stereocenters. The van der Waals surface area contributed by atoms with Gasteiger partial charge in [-0.1, -0.05) is 12.1 Å². The van der Waals surface area contributed by atoms with E-state index in [1.54, 1.807) is 24.8 Å². The molecule has 0 aliphatic carbocycles. The van der Waals surface area contributed by atoms with Gasteiger partial charge in [-0.3, -0.25) is 24.2 Å². The van der Waals surface area contributed by atoms with Gasteiger partial charge in [-0.2, -0.15) is 0 Å². The summed E-state index contributed by atoms with van der Waals surface area (Å²) in [6, 6.07) is 7.31. The normalized spacial score (nSPS) is 20.7. The van der Waals surface area contributed by atoms with Gasteiger partial charge in [0.05, 0.1) is 17.9 Å². The van der Waals surface area contributed by atoms with E-state index in [2.05, 4.69) is 5.32 Å². The molecular formula is C18H24N4O3. The van der Waals surface area contributed by atoms with Crippen molar-refractivity contribution in [3.63, 3.8) is 0 Å². The lowest BCUT2D eigenvalue weighted by molar-refractivity contribution is -0.127. The molecule has 7 heteroatoms. The molecule has 3 rings (SSSR count). The first-order valence-electron chi connectivity index (χ1n) is 8.56. The second-order valence-corrected chi connectivity index (χ2v) is 7.21. The molecule has 134 valence electrons. The van der Waals surface area contributed by atoms with E-state index in [9.17, 15) is 14.4 Å². The number of rotatable bonds is 3. The number of piperidine rings is 1. The predicted molar refractivity (Wildman–Crippen MR) is 95.0 cm³/mol. The molecule has 1 aromatic carbocycles. The zero-order valence-electron chi connectivity index (χ0n) is 14.6. The topological polar surface area (TPSA) is 95.7 Å². The molecule has 0 saturated carbocycles. The van der Waals surface area contributed by atoms with Crippen molar-refractivity contribution in [3.8, 4) is 0 Å². The molecule has 0 bridgehead atoms. The van der Waals surface area contributed by atoms with Crippen LogP contribution in [-0.4, -0.2) is 47.8 Å². The van der Waals surface area contributed by atoms with Gasteiger partial charge >= 0.3 is 0 Å². The number of carbonyl (C=O) groups is 3. The number of carbonyl (C=O) groups excluding carboxylic acids is 3. The number of hydrogen-bond donors (Lipinski definition) is 2. The Morgan fingerprint density at radius 2 is 1.88 bits per heavy atom. The Bertz CT molecular complexity index is 708. The van der Waals surface area contributed by atoms with Crippen LogP contribution in [0.25, 0.3) is 0 Å². The van der Waals surface area contributed by atoms with Crippen molar-refractivity contribution in [2.24, 2.45) is 11.7 Å².